The number of aliphatic carboxylic acids is 1. The van der Waals surface area contributed by atoms with Gasteiger partial charge in [-0.3, -0.25) is 9.59 Å². The second-order valence-corrected chi connectivity index (χ2v) is 11.2. The van der Waals surface area contributed by atoms with Gasteiger partial charge in [0.1, 0.15) is 67.1 Å². The zero-order chi connectivity index (χ0) is 34.6. The van der Waals surface area contributed by atoms with Crippen LogP contribution in [0.4, 0.5) is 0 Å². The van der Waals surface area contributed by atoms with Crippen molar-refractivity contribution >= 4 is 17.8 Å². The van der Waals surface area contributed by atoms with E-state index in [0.29, 0.717) is 0 Å². The number of rotatable bonds is 12. The maximum absolute atomic E-state index is 12.2. The van der Waals surface area contributed by atoms with Crippen LogP contribution in [0.1, 0.15) is 20.3 Å². The number of carbonyl (C=O) groups excluding carboxylic acids is 2. The van der Waals surface area contributed by atoms with Crippen molar-refractivity contribution in [3.8, 4) is 0 Å². The molecule has 16 atom stereocenters. The average Bonchev–Trinajstić information content (AvgIpc) is 2.97. The van der Waals surface area contributed by atoms with Crippen molar-refractivity contribution in [2.75, 3.05) is 13.2 Å². The van der Waals surface area contributed by atoms with Gasteiger partial charge in [-0.1, -0.05) is 0 Å². The first-order valence-corrected chi connectivity index (χ1v) is 14.2. The van der Waals surface area contributed by atoms with Crippen LogP contribution in [-0.2, 0) is 38.1 Å². The van der Waals surface area contributed by atoms with Crippen molar-refractivity contribution in [2.24, 2.45) is 0 Å². The summed E-state index contributed by atoms with van der Waals surface area (Å²) in [6.07, 6.45) is -28.6. The second-order valence-electron chi connectivity index (χ2n) is 11.2. The molecule has 266 valence electrons. The quantitative estimate of drug-likeness (QED) is 0.0854. The lowest BCUT2D eigenvalue weighted by atomic mass is 9.88. The van der Waals surface area contributed by atoms with Crippen molar-refractivity contribution < 1.29 is 94.2 Å². The van der Waals surface area contributed by atoms with Crippen molar-refractivity contribution in [1.82, 2.24) is 10.6 Å². The Balaban J connectivity index is 1.91. The van der Waals surface area contributed by atoms with E-state index in [9.17, 15) is 70.6 Å². The molecule has 0 bridgehead atoms. The van der Waals surface area contributed by atoms with Gasteiger partial charge in [-0.05, 0) is 0 Å². The Morgan fingerprint density at radius 3 is 1.78 bits per heavy atom. The summed E-state index contributed by atoms with van der Waals surface area (Å²) in [5.41, 5.74) is 0. The zero-order valence-electron chi connectivity index (χ0n) is 24.6. The topological polar surface area (TPSA) is 344 Å². The van der Waals surface area contributed by atoms with E-state index < -0.39 is 142 Å². The van der Waals surface area contributed by atoms with Gasteiger partial charge in [0.15, 0.2) is 25.0 Å². The summed E-state index contributed by atoms with van der Waals surface area (Å²) in [6.45, 7) is 0.345. The summed E-state index contributed by atoms with van der Waals surface area (Å²) in [4.78, 5) is 35.7. The highest BCUT2D eigenvalue weighted by molar-refractivity contribution is 5.75. The number of hydrogen-bond donors (Lipinski definition) is 13. The van der Waals surface area contributed by atoms with Crippen LogP contribution in [0, 0.1) is 0 Å². The maximum atomic E-state index is 12.2. The summed E-state index contributed by atoms with van der Waals surface area (Å²) in [7, 11) is 0. The lowest BCUT2D eigenvalue weighted by Crippen LogP contribution is -2.70. The van der Waals surface area contributed by atoms with Crippen molar-refractivity contribution in [2.45, 2.75) is 124 Å². The van der Waals surface area contributed by atoms with Gasteiger partial charge < -0.3 is 90.5 Å². The fraction of sp³-hybridized carbons (Fsp3) is 0.880. The maximum Gasteiger partial charge on any atom is 0.335 e. The van der Waals surface area contributed by atoms with Gasteiger partial charge in [0.05, 0.1) is 25.4 Å². The molecular weight excluding hydrogens is 632 g/mol. The second kappa shape index (κ2) is 16.3. The lowest BCUT2D eigenvalue weighted by Gasteiger charge is -2.49. The molecule has 13 N–H and O–H groups in total. The predicted octanol–water partition coefficient (Wildman–Crippen LogP) is -8.08. The van der Waals surface area contributed by atoms with E-state index in [1.807, 2.05) is 0 Å². The zero-order valence-corrected chi connectivity index (χ0v) is 24.6. The molecule has 0 aliphatic carbocycles. The Labute approximate surface area is 260 Å². The first kappa shape index (κ1) is 38.3. The molecule has 15 unspecified atom stereocenters. The summed E-state index contributed by atoms with van der Waals surface area (Å²) < 4.78 is 27.5. The number of amides is 2. The number of carbonyl (C=O) groups is 3. The monoisotopic (exact) mass is 674 g/mol. The van der Waals surface area contributed by atoms with E-state index in [2.05, 4.69) is 10.6 Å². The van der Waals surface area contributed by atoms with E-state index in [-0.39, 0.29) is 0 Å². The Kier molecular flexibility index (Phi) is 13.5. The highest BCUT2D eigenvalue weighted by Gasteiger charge is 2.55. The van der Waals surface area contributed by atoms with E-state index in [4.69, 9.17) is 23.7 Å². The summed E-state index contributed by atoms with van der Waals surface area (Å²) in [5.74, 6) is -3.17. The van der Waals surface area contributed by atoms with Crippen molar-refractivity contribution in [3.63, 3.8) is 0 Å². The lowest BCUT2D eigenvalue weighted by molar-refractivity contribution is -0.356. The minimum Gasteiger partial charge on any atom is -0.479 e. The Morgan fingerprint density at radius 2 is 1.26 bits per heavy atom. The number of aliphatic hydroxyl groups excluding tert-OH is 9. The molecule has 3 heterocycles. The third-order valence-corrected chi connectivity index (χ3v) is 7.83. The number of hydrogen-bond acceptors (Lipinski definition) is 18. The molecule has 0 aromatic heterocycles. The van der Waals surface area contributed by atoms with Crippen LogP contribution in [-0.4, -0.2) is 191 Å². The Hall–Kier alpha value is -2.19. The highest BCUT2D eigenvalue weighted by Crippen LogP contribution is 2.34. The molecule has 0 spiro atoms. The summed E-state index contributed by atoms with van der Waals surface area (Å²) >= 11 is 0. The predicted molar refractivity (Wildman–Crippen MR) is 142 cm³/mol. The van der Waals surface area contributed by atoms with E-state index >= 15 is 0 Å². The van der Waals surface area contributed by atoms with Crippen LogP contribution in [0.25, 0.3) is 0 Å². The number of carboxylic acid groups (broad SMARTS) is 1. The highest BCUT2D eigenvalue weighted by atomic mass is 16.7. The number of nitrogens with one attached hydrogen (secondary N) is 2. The van der Waals surface area contributed by atoms with Crippen molar-refractivity contribution in [3.05, 3.63) is 0 Å². The number of aliphatic hydroxyl groups is 10. The molecule has 3 saturated heterocycles. The molecule has 3 fully saturated rings. The average molecular weight is 675 g/mol. The van der Waals surface area contributed by atoms with Gasteiger partial charge in [0.25, 0.3) is 0 Å². The molecular formula is C25H42N2O19. The van der Waals surface area contributed by atoms with E-state index in [0.717, 1.165) is 13.8 Å². The van der Waals surface area contributed by atoms with Gasteiger partial charge in [-0.15, -0.1) is 0 Å². The van der Waals surface area contributed by atoms with Gasteiger partial charge in [0, 0.05) is 20.3 Å². The van der Waals surface area contributed by atoms with Gasteiger partial charge in [-0.25, -0.2) is 4.79 Å². The third kappa shape index (κ3) is 8.63. The number of carboxylic acids is 1. The molecule has 0 aromatic carbocycles. The van der Waals surface area contributed by atoms with Crippen LogP contribution >= 0.6 is 0 Å². The minimum absolute atomic E-state index is 0.673. The molecule has 46 heavy (non-hydrogen) atoms. The van der Waals surface area contributed by atoms with Crippen LogP contribution < -0.4 is 10.6 Å². The minimum atomic E-state index is -2.29. The van der Waals surface area contributed by atoms with Crippen LogP contribution in [0.2, 0.25) is 0 Å². The molecule has 3 aliphatic rings. The molecule has 0 aromatic rings. The smallest absolute Gasteiger partial charge is 0.335 e. The molecule has 0 radical (unpaired) electrons. The normalized spacial score (nSPS) is 42.3. The first-order chi connectivity index (χ1) is 21.5. The Morgan fingerprint density at radius 1 is 0.696 bits per heavy atom. The van der Waals surface area contributed by atoms with Crippen LogP contribution in [0.5, 0.6) is 0 Å². The van der Waals surface area contributed by atoms with E-state index in [1.54, 1.807) is 0 Å². The van der Waals surface area contributed by atoms with Crippen LogP contribution in [0.3, 0.4) is 0 Å². The fourth-order valence-electron chi connectivity index (χ4n) is 5.58. The standard InChI is InChI=1S/C25H42N2O19/c1-6(30)26-12-9(3-8(32)22(37)38)42-21(23(39)40)20(15(12)34)45-19-14(33)10(4-28)44-25(17(19)36)46-18-11(5-29)43-24(41)13(16(18)35)27-7(2)31/h8-22,24-25,28-29,32-38,41H,3-5H2,1-2H3,(H,26,30)(H,27,31)(H,39,40)/t8-,9?,10?,11?,12?,13?,14?,15?,16?,17?,18?,19?,20?,21?,24?,25?/m1/s1. The van der Waals surface area contributed by atoms with Gasteiger partial charge >= 0.3 is 5.97 Å². The number of ether oxygens (including phenoxy) is 5. The van der Waals surface area contributed by atoms with Gasteiger partial charge in [0.2, 0.25) is 11.8 Å². The third-order valence-electron chi connectivity index (χ3n) is 7.83. The summed E-state index contributed by atoms with van der Waals surface area (Å²) in [5, 5.41) is 117. The summed E-state index contributed by atoms with van der Waals surface area (Å²) in [6, 6.07) is -3.01. The van der Waals surface area contributed by atoms with Crippen molar-refractivity contribution in [1.29, 1.82) is 0 Å². The largest absolute Gasteiger partial charge is 0.479 e. The SMILES string of the molecule is CC(=O)NC1C(O)OC(CO)C(OC2OC(CO)C(O)C(OC3C(C(=O)O)OC(C[C@@H](O)C(O)O)C(NC(C)=O)C3O)C2O)C1O. The Bertz CT molecular complexity index is 1040. The molecule has 21 nitrogen and oxygen atoms in total. The molecule has 21 heteroatoms. The molecule has 3 aliphatic heterocycles. The van der Waals surface area contributed by atoms with Crippen LogP contribution in [0.15, 0.2) is 0 Å². The van der Waals surface area contributed by atoms with E-state index in [1.165, 1.54) is 0 Å². The molecule has 3 rings (SSSR count). The molecule has 0 saturated carbocycles. The molecule has 2 amide bonds. The first-order valence-electron chi connectivity index (χ1n) is 14.2. The fourth-order valence-corrected chi connectivity index (χ4v) is 5.58. The van der Waals surface area contributed by atoms with Gasteiger partial charge in [-0.2, -0.15) is 0 Å².